The summed E-state index contributed by atoms with van der Waals surface area (Å²) >= 11 is 5.73. The van der Waals surface area contributed by atoms with Crippen molar-refractivity contribution < 1.29 is 23.0 Å². The molecule has 1 aromatic heterocycles. The number of rotatable bonds is 4. The Hall–Kier alpha value is -1.79. The molecule has 0 bridgehead atoms. The second-order valence-corrected chi connectivity index (χ2v) is 4.71. The largest absolute Gasteiger partial charge is 0.573 e. The zero-order valence-electron chi connectivity index (χ0n) is 10.6. The smallest absolute Gasteiger partial charge is 0.406 e. The van der Waals surface area contributed by atoms with Crippen LogP contribution in [0.15, 0.2) is 42.6 Å². The number of hydrogen-bond acceptors (Lipinski definition) is 3. The van der Waals surface area contributed by atoms with Crippen molar-refractivity contribution in [1.29, 1.82) is 0 Å². The minimum absolute atomic E-state index is 0.243. The van der Waals surface area contributed by atoms with Crippen molar-refractivity contribution >= 4 is 11.6 Å². The maximum atomic E-state index is 12.0. The number of halogens is 4. The van der Waals surface area contributed by atoms with E-state index < -0.39 is 12.5 Å². The molecule has 0 fully saturated rings. The van der Waals surface area contributed by atoms with E-state index in [9.17, 15) is 18.3 Å². The first-order valence-corrected chi connectivity index (χ1v) is 6.35. The summed E-state index contributed by atoms with van der Waals surface area (Å²) < 4.78 is 39.9. The van der Waals surface area contributed by atoms with Crippen LogP contribution in [0.1, 0.15) is 17.2 Å². The van der Waals surface area contributed by atoms with E-state index in [2.05, 4.69) is 9.72 Å². The van der Waals surface area contributed by atoms with Gasteiger partial charge in [0.15, 0.2) is 0 Å². The fourth-order valence-electron chi connectivity index (χ4n) is 1.79. The number of hydrogen-bond donors (Lipinski definition) is 1. The van der Waals surface area contributed by atoms with Gasteiger partial charge in [-0.05, 0) is 35.4 Å². The summed E-state index contributed by atoms with van der Waals surface area (Å²) in [7, 11) is 0. The summed E-state index contributed by atoms with van der Waals surface area (Å²) in [6, 6.07) is 8.50. The predicted molar refractivity (Wildman–Crippen MR) is 71.0 cm³/mol. The number of ether oxygens (including phenoxy) is 1. The molecule has 0 aliphatic rings. The van der Waals surface area contributed by atoms with E-state index in [4.69, 9.17) is 11.6 Å². The van der Waals surface area contributed by atoms with Gasteiger partial charge in [-0.2, -0.15) is 0 Å². The molecule has 0 spiro atoms. The van der Waals surface area contributed by atoms with Gasteiger partial charge in [-0.1, -0.05) is 23.7 Å². The van der Waals surface area contributed by atoms with Crippen LogP contribution in [0.4, 0.5) is 13.2 Å². The molecule has 0 saturated carbocycles. The maximum absolute atomic E-state index is 12.0. The number of benzene rings is 1. The van der Waals surface area contributed by atoms with Crippen LogP contribution in [0.5, 0.6) is 5.75 Å². The Morgan fingerprint density at radius 1 is 1.19 bits per heavy atom. The molecule has 1 atom stereocenters. The van der Waals surface area contributed by atoms with E-state index >= 15 is 0 Å². The molecule has 7 heteroatoms. The third-order valence-electron chi connectivity index (χ3n) is 2.72. The fraction of sp³-hybridized carbons (Fsp3) is 0.214. The fourth-order valence-corrected chi connectivity index (χ4v) is 1.98. The molecule has 1 N–H and O–H groups in total. The molecular weight excluding hydrogens is 307 g/mol. The summed E-state index contributed by atoms with van der Waals surface area (Å²) in [6.07, 6.45) is -3.82. The average molecular weight is 318 g/mol. The van der Waals surface area contributed by atoms with Gasteiger partial charge in [-0.25, -0.2) is 4.98 Å². The summed E-state index contributed by atoms with van der Waals surface area (Å²) in [6.45, 7) is 0. The number of pyridine rings is 1. The Labute approximate surface area is 124 Å². The van der Waals surface area contributed by atoms with Crippen LogP contribution in [0.2, 0.25) is 5.15 Å². The molecular formula is C14H11ClF3NO2. The molecule has 21 heavy (non-hydrogen) atoms. The first-order valence-electron chi connectivity index (χ1n) is 5.98. The average Bonchev–Trinajstić information content (AvgIpc) is 2.39. The lowest BCUT2D eigenvalue weighted by molar-refractivity contribution is -0.274. The maximum Gasteiger partial charge on any atom is 0.573 e. The first-order chi connectivity index (χ1) is 9.83. The highest BCUT2D eigenvalue weighted by molar-refractivity contribution is 6.29. The number of aliphatic hydroxyl groups excluding tert-OH is 1. The van der Waals surface area contributed by atoms with Gasteiger partial charge in [0.25, 0.3) is 0 Å². The van der Waals surface area contributed by atoms with Crippen molar-refractivity contribution in [3.8, 4) is 5.75 Å². The van der Waals surface area contributed by atoms with E-state index in [0.29, 0.717) is 11.1 Å². The monoisotopic (exact) mass is 317 g/mol. The van der Waals surface area contributed by atoms with Gasteiger partial charge < -0.3 is 9.84 Å². The van der Waals surface area contributed by atoms with Crippen LogP contribution in [-0.2, 0) is 6.42 Å². The summed E-state index contributed by atoms with van der Waals surface area (Å²) in [5, 5.41) is 10.3. The van der Waals surface area contributed by atoms with Crippen LogP contribution in [0, 0.1) is 0 Å². The molecule has 0 aliphatic carbocycles. The molecule has 1 aromatic carbocycles. The SMILES string of the molecule is OC(Cc1ccc(OC(F)(F)F)cc1)c1ccnc(Cl)c1. The lowest BCUT2D eigenvalue weighted by Crippen LogP contribution is -2.17. The molecule has 1 heterocycles. The minimum atomic E-state index is -4.71. The van der Waals surface area contributed by atoms with Gasteiger partial charge in [0.05, 0.1) is 6.10 Å². The van der Waals surface area contributed by atoms with Gasteiger partial charge in [0, 0.05) is 12.6 Å². The number of nitrogens with zero attached hydrogens (tertiary/aromatic N) is 1. The lowest BCUT2D eigenvalue weighted by atomic mass is 10.0. The van der Waals surface area contributed by atoms with Crippen LogP contribution in [0.3, 0.4) is 0 Å². The normalized spacial score (nSPS) is 13.0. The Balaban J connectivity index is 2.03. The van der Waals surface area contributed by atoms with Crippen molar-refractivity contribution in [2.75, 3.05) is 0 Å². The number of aromatic nitrogens is 1. The molecule has 2 aromatic rings. The van der Waals surface area contributed by atoms with Crippen LogP contribution >= 0.6 is 11.6 Å². The standard InChI is InChI=1S/C14H11ClF3NO2/c15-13-8-10(5-6-19-13)12(20)7-9-1-3-11(4-2-9)21-14(16,17)18/h1-6,8,12,20H,7H2. The zero-order chi connectivity index (χ0) is 15.5. The molecule has 0 aliphatic heterocycles. The highest BCUT2D eigenvalue weighted by Crippen LogP contribution is 2.25. The molecule has 0 radical (unpaired) electrons. The van der Waals surface area contributed by atoms with Gasteiger partial charge in [-0.3, -0.25) is 0 Å². The van der Waals surface area contributed by atoms with Gasteiger partial charge >= 0.3 is 6.36 Å². The van der Waals surface area contributed by atoms with E-state index in [1.54, 1.807) is 6.07 Å². The lowest BCUT2D eigenvalue weighted by Gasteiger charge is -2.12. The van der Waals surface area contributed by atoms with Crippen molar-refractivity contribution in [3.05, 3.63) is 58.9 Å². The second-order valence-electron chi connectivity index (χ2n) is 4.32. The molecule has 3 nitrogen and oxygen atoms in total. The topological polar surface area (TPSA) is 42.4 Å². The van der Waals surface area contributed by atoms with Crippen molar-refractivity contribution in [2.45, 2.75) is 18.9 Å². The first kappa shape index (κ1) is 15.6. The molecule has 0 amide bonds. The van der Waals surface area contributed by atoms with E-state index in [-0.39, 0.29) is 17.3 Å². The zero-order valence-corrected chi connectivity index (χ0v) is 11.4. The van der Waals surface area contributed by atoms with E-state index in [1.165, 1.54) is 36.5 Å². The summed E-state index contributed by atoms with van der Waals surface area (Å²) in [5.41, 5.74) is 1.26. The number of aliphatic hydroxyl groups is 1. The van der Waals surface area contributed by atoms with Crippen LogP contribution in [0.25, 0.3) is 0 Å². The van der Waals surface area contributed by atoms with Gasteiger partial charge in [0.1, 0.15) is 10.9 Å². The third-order valence-corrected chi connectivity index (χ3v) is 2.93. The highest BCUT2D eigenvalue weighted by Gasteiger charge is 2.30. The predicted octanol–water partition coefficient (Wildman–Crippen LogP) is 3.91. The Morgan fingerprint density at radius 3 is 2.43 bits per heavy atom. The minimum Gasteiger partial charge on any atom is -0.406 e. The van der Waals surface area contributed by atoms with Gasteiger partial charge in [0.2, 0.25) is 0 Å². The molecule has 2 rings (SSSR count). The van der Waals surface area contributed by atoms with E-state index in [0.717, 1.165) is 0 Å². The summed E-state index contributed by atoms with van der Waals surface area (Å²) in [5.74, 6) is -0.298. The van der Waals surface area contributed by atoms with Crippen LogP contribution in [-0.4, -0.2) is 16.5 Å². The Morgan fingerprint density at radius 2 is 1.86 bits per heavy atom. The molecule has 0 saturated heterocycles. The quantitative estimate of drug-likeness (QED) is 0.869. The summed E-state index contributed by atoms with van der Waals surface area (Å²) in [4.78, 5) is 3.81. The van der Waals surface area contributed by atoms with Crippen molar-refractivity contribution in [1.82, 2.24) is 4.98 Å². The van der Waals surface area contributed by atoms with Crippen molar-refractivity contribution in [3.63, 3.8) is 0 Å². The van der Waals surface area contributed by atoms with Crippen molar-refractivity contribution in [2.24, 2.45) is 0 Å². The highest BCUT2D eigenvalue weighted by atomic mass is 35.5. The molecule has 112 valence electrons. The Bertz CT molecular complexity index is 602. The Kier molecular flexibility index (Phi) is 4.69. The van der Waals surface area contributed by atoms with Gasteiger partial charge in [-0.15, -0.1) is 13.2 Å². The number of alkyl halides is 3. The molecule has 1 unspecified atom stereocenters. The van der Waals surface area contributed by atoms with E-state index in [1.807, 2.05) is 0 Å². The van der Waals surface area contributed by atoms with Crippen LogP contribution < -0.4 is 4.74 Å². The third kappa shape index (κ3) is 4.91. The second kappa shape index (κ2) is 6.32.